The van der Waals surface area contributed by atoms with Gasteiger partial charge in [0.05, 0.1) is 11.1 Å². The summed E-state index contributed by atoms with van der Waals surface area (Å²) in [5.41, 5.74) is 5.40. The highest BCUT2D eigenvalue weighted by Crippen LogP contribution is 2.31. The van der Waals surface area contributed by atoms with Crippen LogP contribution in [-0.4, -0.2) is 21.6 Å². The van der Waals surface area contributed by atoms with E-state index in [-0.39, 0.29) is 18.0 Å². The standard InChI is InChI=1S/C22H16I2N4O3/c23-15-3-7-20-18(11-15)19-12-16(24)4-8-21(19)27(20)10-9-22(29)26-25-13-14-1-5-17(6-2-14)28(30)31/h1-8,11-13H,9-10H2,(H,26,29)/b25-13+. The Kier molecular flexibility index (Phi) is 6.51. The van der Waals surface area contributed by atoms with Crippen molar-refractivity contribution in [2.24, 2.45) is 5.10 Å². The van der Waals surface area contributed by atoms with E-state index in [0.29, 0.717) is 12.1 Å². The predicted octanol–water partition coefficient (Wildman–Crippen LogP) is 5.45. The van der Waals surface area contributed by atoms with Gasteiger partial charge in [-0.1, -0.05) is 0 Å². The molecule has 31 heavy (non-hydrogen) atoms. The summed E-state index contributed by atoms with van der Waals surface area (Å²) < 4.78 is 4.50. The first-order valence-corrected chi connectivity index (χ1v) is 11.5. The number of hydrogen-bond acceptors (Lipinski definition) is 4. The number of rotatable bonds is 6. The molecule has 0 saturated heterocycles. The van der Waals surface area contributed by atoms with Crippen molar-refractivity contribution in [3.63, 3.8) is 0 Å². The number of non-ortho nitro benzene ring substituents is 1. The minimum absolute atomic E-state index is 0.0109. The van der Waals surface area contributed by atoms with Crippen LogP contribution in [0.5, 0.6) is 0 Å². The lowest BCUT2D eigenvalue weighted by Crippen LogP contribution is -2.19. The first-order chi connectivity index (χ1) is 14.9. The maximum Gasteiger partial charge on any atom is 0.269 e. The first kappa shape index (κ1) is 21.7. The van der Waals surface area contributed by atoms with E-state index in [0.717, 1.165) is 11.0 Å². The summed E-state index contributed by atoms with van der Waals surface area (Å²) in [4.78, 5) is 22.6. The minimum atomic E-state index is -0.459. The average molecular weight is 638 g/mol. The van der Waals surface area contributed by atoms with Crippen LogP contribution in [0.15, 0.2) is 65.8 Å². The maximum atomic E-state index is 12.3. The van der Waals surface area contributed by atoms with Gasteiger partial charge in [-0.05, 0) is 99.3 Å². The molecule has 3 aromatic carbocycles. The third-order valence-electron chi connectivity index (χ3n) is 4.86. The summed E-state index contributed by atoms with van der Waals surface area (Å²) in [5.74, 6) is -0.204. The molecule has 7 nitrogen and oxygen atoms in total. The van der Waals surface area contributed by atoms with Crippen molar-refractivity contribution in [3.8, 4) is 0 Å². The lowest BCUT2D eigenvalue weighted by Gasteiger charge is -2.07. The van der Waals surface area contributed by atoms with Crippen LogP contribution in [-0.2, 0) is 11.3 Å². The fourth-order valence-corrected chi connectivity index (χ4v) is 4.40. The molecule has 1 N–H and O–H groups in total. The van der Waals surface area contributed by atoms with Crippen molar-refractivity contribution in [2.75, 3.05) is 0 Å². The van der Waals surface area contributed by atoms with Crippen molar-refractivity contribution in [1.29, 1.82) is 0 Å². The van der Waals surface area contributed by atoms with Crippen LogP contribution in [0, 0.1) is 17.3 Å². The highest BCUT2D eigenvalue weighted by atomic mass is 127. The summed E-state index contributed by atoms with van der Waals surface area (Å²) >= 11 is 4.62. The molecule has 1 heterocycles. The molecule has 0 unspecified atom stereocenters. The Labute approximate surface area is 204 Å². The van der Waals surface area contributed by atoms with E-state index in [1.807, 2.05) is 0 Å². The van der Waals surface area contributed by atoms with Gasteiger partial charge in [-0.15, -0.1) is 0 Å². The highest BCUT2D eigenvalue weighted by Gasteiger charge is 2.12. The van der Waals surface area contributed by atoms with E-state index >= 15 is 0 Å². The maximum absolute atomic E-state index is 12.3. The van der Waals surface area contributed by atoms with Gasteiger partial charge in [0.25, 0.3) is 5.69 Å². The molecule has 0 atom stereocenters. The van der Waals surface area contributed by atoms with Crippen LogP contribution in [0.3, 0.4) is 0 Å². The van der Waals surface area contributed by atoms with Crippen molar-refractivity contribution in [2.45, 2.75) is 13.0 Å². The molecule has 1 aromatic heterocycles. The second-order valence-corrected chi connectivity index (χ2v) is 9.36. The second-order valence-electron chi connectivity index (χ2n) is 6.87. The third-order valence-corrected chi connectivity index (χ3v) is 6.20. The first-order valence-electron chi connectivity index (χ1n) is 9.36. The number of amides is 1. The van der Waals surface area contributed by atoms with E-state index in [1.165, 1.54) is 36.3 Å². The summed E-state index contributed by atoms with van der Waals surface area (Å²) in [6, 6.07) is 18.6. The van der Waals surface area contributed by atoms with Gasteiger partial charge in [-0.2, -0.15) is 5.10 Å². The molecule has 0 saturated carbocycles. The number of nitrogens with one attached hydrogen (secondary N) is 1. The van der Waals surface area contributed by atoms with Crippen LogP contribution in [0.1, 0.15) is 12.0 Å². The van der Waals surface area contributed by atoms with Crippen molar-refractivity contribution in [3.05, 3.63) is 83.5 Å². The van der Waals surface area contributed by atoms with Gasteiger partial charge in [-0.3, -0.25) is 14.9 Å². The Hall–Kier alpha value is -2.54. The number of hydrazone groups is 1. The molecule has 0 fully saturated rings. The van der Waals surface area contributed by atoms with E-state index < -0.39 is 4.92 Å². The Morgan fingerprint density at radius 2 is 1.58 bits per heavy atom. The number of fused-ring (bicyclic) bond motifs is 3. The zero-order valence-electron chi connectivity index (χ0n) is 16.1. The van der Waals surface area contributed by atoms with Crippen molar-refractivity contribution in [1.82, 2.24) is 9.99 Å². The van der Waals surface area contributed by atoms with E-state index in [4.69, 9.17) is 0 Å². The molecule has 9 heteroatoms. The van der Waals surface area contributed by atoms with Crippen LogP contribution >= 0.6 is 45.2 Å². The largest absolute Gasteiger partial charge is 0.340 e. The number of aromatic nitrogens is 1. The Bertz CT molecular complexity index is 1270. The van der Waals surface area contributed by atoms with Crippen LogP contribution < -0.4 is 5.43 Å². The zero-order chi connectivity index (χ0) is 22.0. The average Bonchev–Trinajstić information content (AvgIpc) is 3.04. The monoisotopic (exact) mass is 638 g/mol. The van der Waals surface area contributed by atoms with Gasteiger partial charge in [0.2, 0.25) is 5.91 Å². The Balaban J connectivity index is 1.47. The lowest BCUT2D eigenvalue weighted by atomic mass is 10.2. The molecule has 0 aliphatic heterocycles. The predicted molar refractivity (Wildman–Crippen MR) is 138 cm³/mol. The lowest BCUT2D eigenvalue weighted by molar-refractivity contribution is -0.384. The van der Waals surface area contributed by atoms with Gasteiger partial charge in [0, 0.05) is 54.0 Å². The van der Waals surface area contributed by atoms with Crippen LogP contribution in [0.25, 0.3) is 21.8 Å². The fraction of sp³-hybridized carbons (Fsp3) is 0.0909. The Morgan fingerprint density at radius 3 is 2.13 bits per heavy atom. The minimum Gasteiger partial charge on any atom is -0.340 e. The SMILES string of the molecule is O=C(CCn1c2ccc(I)cc2c2cc(I)ccc21)N/N=C/c1ccc([N+](=O)[O-])cc1. The number of benzene rings is 3. The van der Waals surface area contributed by atoms with Gasteiger partial charge in [0.1, 0.15) is 0 Å². The number of halogens is 2. The molecular weight excluding hydrogens is 622 g/mol. The van der Waals surface area contributed by atoms with Gasteiger partial charge >= 0.3 is 0 Å². The summed E-state index contributed by atoms with van der Waals surface area (Å²) in [6.07, 6.45) is 1.74. The van der Waals surface area contributed by atoms with Gasteiger partial charge < -0.3 is 4.57 Å². The normalized spacial score (nSPS) is 11.4. The quantitative estimate of drug-likeness (QED) is 0.132. The van der Waals surface area contributed by atoms with Crippen LogP contribution in [0.4, 0.5) is 5.69 Å². The number of hydrogen-bond donors (Lipinski definition) is 1. The Morgan fingerprint density at radius 1 is 1.00 bits per heavy atom. The smallest absolute Gasteiger partial charge is 0.269 e. The molecular formula is C22H16I2N4O3. The zero-order valence-corrected chi connectivity index (χ0v) is 20.4. The molecule has 1 amide bonds. The molecule has 4 rings (SSSR count). The number of nitro benzene ring substituents is 1. The topological polar surface area (TPSA) is 89.5 Å². The van der Waals surface area contributed by atoms with E-state index in [1.54, 1.807) is 12.1 Å². The molecule has 0 aliphatic rings. The second kappa shape index (κ2) is 9.30. The summed E-state index contributed by atoms with van der Waals surface area (Å²) in [7, 11) is 0. The third kappa shape index (κ3) is 4.87. The van der Waals surface area contributed by atoms with Crippen LogP contribution in [0.2, 0.25) is 0 Å². The van der Waals surface area contributed by atoms with Gasteiger partial charge in [-0.25, -0.2) is 5.43 Å². The molecule has 0 spiro atoms. The van der Waals surface area contributed by atoms with Crippen molar-refractivity contribution < 1.29 is 9.72 Å². The molecule has 0 aliphatic carbocycles. The highest BCUT2D eigenvalue weighted by molar-refractivity contribution is 14.1. The number of nitro groups is 1. The summed E-state index contributed by atoms with van der Waals surface area (Å²) in [5, 5.41) is 17.0. The number of aryl methyl sites for hydroxylation is 1. The number of nitrogens with zero attached hydrogens (tertiary/aromatic N) is 3. The van der Waals surface area contributed by atoms with E-state index in [2.05, 4.69) is 96.7 Å². The number of carbonyl (C=O) groups excluding carboxylic acids is 1. The number of carbonyl (C=O) groups is 1. The fourth-order valence-electron chi connectivity index (χ4n) is 3.42. The van der Waals surface area contributed by atoms with E-state index in [9.17, 15) is 14.9 Å². The molecule has 0 radical (unpaired) electrons. The van der Waals surface area contributed by atoms with Crippen molar-refractivity contribution >= 4 is 84.8 Å². The molecule has 0 bridgehead atoms. The molecule has 156 valence electrons. The molecule has 4 aromatic rings. The van der Waals surface area contributed by atoms with Gasteiger partial charge in [0.15, 0.2) is 0 Å². The summed E-state index contributed by atoms with van der Waals surface area (Å²) in [6.45, 7) is 0.528.